The number of carbonyl (C=O) groups is 2. The summed E-state index contributed by atoms with van der Waals surface area (Å²) in [5, 5.41) is 0. The Hall–Kier alpha value is -2.24. The Morgan fingerprint density at radius 3 is 2.67 bits per heavy atom. The van der Waals surface area contributed by atoms with E-state index in [1.54, 1.807) is 38.1 Å². The van der Waals surface area contributed by atoms with Crippen LogP contribution in [0, 0.1) is 0 Å². The van der Waals surface area contributed by atoms with E-state index in [0.717, 1.165) is 0 Å². The molecule has 1 aromatic carbocycles. The molecule has 6 heteroatoms. The molecule has 1 rings (SSSR count). The van der Waals surface area contributed by atoms with Crippen molar-refractivity contribution in [2.24, 2.45) is 0 Å². The summed E-state index contributed by atoms with van der Waals surface area (Å²) in [6.07, 6.45) is -0.435. The second kappa shape index (κ2) is 8.84. The first-order valence-electron chi connectivity index (χ1n) is 6.91. The number of rotatable bonds is 8. The molecule has 0 aliphatic rings. The molecule has 0 amide bonds. The van der Waals surface area contributed by atoms with Gasteiger partial charge in [0.1, 0.15) is 5.75 Å². The van der Waals surface area contributed by atoms with Gasteiger partial charge < -0.3 is 19.9 Å². The first-order valence-corrected chi connectivity index (χ1v) is 6.91. The second-order valence-corrected chi connectivity index (χ2v) is 4.31. The lowest BCUT2D eigenvalue weighted by atomic mass is 10.3. The zero-order valence-electron chi connectivity index (χ0n) is 12.3. The Morgan fingerprint density at radius 1 is 1.29 bits per heavy atom. The maximum absolute atomic E-state index is 11.6. The maximum Gasteiger partial charge on any atom is 0.347 e. The number of nitrogens with two attached hydrogens (primary N) is 1. The van der Waals surface area contributed by atoms with Crippen LogP contribution in [0.4, 0.5) is 5.69 Å². The summed E-state index contributed by atoms with van der Waals surface area (Å²) >= 11 is 0. The van der Waals surface area contributed by atoms with Crippen LogP contribution in [0.25, 0.3) is 0 Å². The normalized spacial score (nSPS) is 11.5. The van der Waals surface area contributed by atoms with Crippen molar-refractivity contribution in [2.45, 2.75) is 32.8 Å². The predicted octanol–water partition coefficient (Wildman–Crippen LogP) is 1.92. The van der Waals surface area contributed by atoms with Crippen LogP contribution in [0.5, 0.6) is 5.75 Å². The first-order chi connectivity index (χ1) is 10.1. The first kappa shape index (κ1) is 16.8. The molecule has 0 saturated carbocycles. The van der Waals surface area contributed by atoms with Crippen LogP contribution >= 0.6 is 0 Å². The van der Waals surface area contributed by atoms with Gasteiger partial charge in [0.25, 0.3) is 0 Å². The van der Waals surface area contributed by atoms with E-state index >= 15 is 0 Å². The molecule has 1 unspecified atom stereocenters. The zero-order valence-corrected chi connectivity index (χ0v) is 12.3. The SMILES string of the molecule is CCOC(=O)C(CC)OC(=O)CCOc1cccc(N)c1. The standard InChI is InChI=1S/C15H21NO5/c1-3-13(15(18)19-4-2)21-14(17)8-9-20-12-7-5-6-11(16)10-12/h5-7,10,13H,3-4,8-9,16H2,1-2H3. The molecule has 1 aromatic rings. The van der Waals surface area contributed by atoms with Crippen LogP contribution in [-0.4, -0.2) is 31.3 Å². The van der Waals surface area contributed by atoms with E-state index in [2.05, 4.69) is 0 Å². The molecule has 0 spiro atoms. The Labute approximate surface area is 124 Å². The lowest BCUT2D eigenvalue weighted by Crippen LogP contribution is -2.29. The predicted molar refractivity (Wildman–Crippen MR) is 77.8 cm³/mol. The molecule has 0 bridgehead atoms. The van der Waals surface area contributed by atoms with Crippen molar-refractivity contribution in [3.05, 3.63) is 24.3 Å². The van der Waals surface area contributed by atoms with Gasteiger partial charge in [0, 0.05) is 11.8 Å². The van der Waals surface area contributed by atoms with E-state index in [9.17, 15) is 9.59 Å². The largest absolute Gasteiger partial charge is 0.493 e. The summed E-state index contributed by atoms with van der Waals surface area (Å²) in [6.45, 7) is 3.86. The third kappa shape index (κ3) is 6.16. The number of carbonyl (C=O) groups excluding carboxylic acids is 2. The molecule has 0 aliphatic heterocycles. The minimum absolute atomic E-state index is 0.0463. The van der Waals surface area contributed by atoms with Gasteiger partial charge in [-0.05, 0) is 25.5 Å². The maximum atomic E-state index is 11.6. The summed E-state index contributed by atoms with van der Waals surface area (Å²) in [5.41, 5.74) is 6.20. The third-order valence-corrected chi connectivity index (χ3v) is 2.63. The van der Waals surface area contributed by atoms with E-state index in [1.807, 2.05) is 0 Å². The minimum atomic E-state index is -0.857. The second-order valence-electron chi connectivity index (χ2n) is 4.31. The van der Waals surface area contributed by atoms with Gasteiger partial charge in [0.2, 0.25) is 0 Å². The monoisotopic (exact) mass is 295 g/mol. The molecular weight excluding hydrogens is 274 g/mol. The smallest absolute Gasteiger partial charge is 0.347 e. The van der Waals surface area contributed by atoms with Crippen molar-refractivity contribution >= 4 is 17.6 Å². The van der Waals surface area contributed by atoms with Crippen LogP contribution in [0.15, 0.2) is 24.3 Å². The minimum Gasteiger partial charge on any atom is -0.493 e. The number of benzene rings is 1. The Bertz CT molecular complexity index is 475. The highest BCUT2D eigenvalue weighted by Gasteiger charge is 2.22. The van der Waals surface area contributed by atoms with Crippen LogP contribution in [-0.2, 0) is 19.1 Å². The summed E-state index contributed by atoms with van der Waals surface area (Å²) < 4.78 is 15.3. The van der Waals surface area contributed by atoms with Crippen LogP contribution < -0.4 is 10.5 Å². The summed E-state index contributed by atoms with van der Waals surface area (Å²) in [4.78, 5) is 23.1. The molecule has 0 aliphatic carbocycles. The van der Waals surface area contributed by atoms with E-state index in [-0.39, 0.29) is 19.6 Å². The van der Waals surface area contributed by atoms with E-state index in [4.69, 9.17) is 19.9 Å². The highest BCUT2D eigenvalue weighted by atomic mass is 16.6. The fraction of sp³-hybridized carbons (Fsp3) is 0.467. The van der Waals surface area contributed by atoms with Gasteiger partial charge >= 0.3 is 11.9 Å². The van der Waals surface area contributed by atoms with Crippen molar-refractivity contribution in [1.82, 2.24) is 0 Å². The quantitative estimate of drug-likeness (QED) is 0.582. The zero-order chi connectivity index (χ0) is 15.7. The number of anilines is 1. The molecule has 1 atom stereocenters. The molecular formula is C15H21NO5. The fourth-order valence-corrected chi connectivity index (χ4v) is 1.61. The number of nitrogen functional groups attached to an aromatic ring is 1. The van der Waals surface area contributed by atoms with E-state index in [1.165, 1.54) is 0 Å². The lowest BCUT2D eigenvalue weighted by molar-refractivity contribution is -0.168. The molecule has 0 radical (unpaired) electrons. The third-order valence-electron chi connectivity index (χ3n) is 2.63. The Balaban J connectivity index is 2.34. The molecule has 2 N–H and O–H groups in total. The van der Waals surface area contributed by atoms with Gasteiger partial charge in [0.15, 0.2) is 6.10 Å². The molecule has 6 nitrogen and oxygen atoms in total. The molecule has 116 valence electrons. The lowest BCUT2D eigenvalue weighted by Gasteiger charge is -2.14. The van der Waals surface area contributed by atoms with Gasteiger partial charge in [-0.1, -0.05) is 13.0 Å². The summed E-state index contributed by atoms with van der Waals surface area (Å²) in [5.74, 6) is -0.441. The van der Waals surface area contributed by atoms with Crippen LogP contribution in [0.2, 0.25) is 0 Å². The Morgan fingerprint density at radius 2 is 2.05 bits per heavy atom. The van der Waals surface area contributed by atoms with Gasteiger partial charge in [0.05, 0.1) is 19.6 Å². The van der Waals surface area contributed by atoms with E-state index < -0.39 is 18.0 Å². The van der Waals surface area contributed by atoms with Crippen molar-refractivity contribution in [3.63, 3.8) is 0 Å². The van der Waals surface area contributed by atoms with Gasteiger partial charge in [-0.15, -0.1) is 0 Å². The van der Waals surface area contributed by atoms with Crippen molar-refractivity contribution in [1.29, 1.82) is 0 Å². The summed E-state index contributed by atoms with van der Waals surface area (Å²) in [6, 6.07) is 6.91. The van der Waals surface area contributed by atoms with Gasteiger partial charge in [-0.3, -0.25) is 4.79 Å². The van der Waals surface area contributed by atoms with Crippen molar-refractivity contribution in [3.8, 4) is 5.75 Å². The average molecular weight is 295 g/mol. The number of ether oxygens (including phenoxy) is 3. The highest BCUT2D eigenvalue weighted by molar-refractivity contribution is 5.79. The molecule has 0 aromatic heterocycles. The Kier molecular flexibility index (Phi) is 7.08. The van der Waals surface area contributed by atoms with Crippen molar-refractivity contribution < 1.29 is 23.8 Å². The topological polar surface area (TPSA) is 87.8 Å². The number of hydrogen-bond donors (Lipinski definition) is 1. The van der Waals surface area contributed by atoms with Crippen LogP contribution in [0.1, 0.15) is 26.7 Å². The van der Waals surface area contributed by atoms with Gasteiger partial charge in [-0.2, -0.15) is 0 Å². The number of hydrogen-bond acceptors (Lipinski definition) is 6. The molecule has 0 saturated heterocycles. The van der Waals surface area contributed by atoms with Crippen molar-refractivity contribution in [2.75, 3.05) is 18.9 Å². The molecule has 0 heterocycles. The summed E-state index contributed by atoms with van der Waals surface area (Å²) in [7, 11) is 0. The fourth-order valence-electron chi connectivity index (χ4n) is 1.61. The number of esters is 2. The average Bonchev–Trinajstić information content (AvgIpc) is 2.45. The highest BCUT2D eigenvalue weighted by Crippen LogP contribution is 2.14. The van der Waals surface area contributed by atoms with Crippen LogP contribution in [0.3, 0.4) is 0 Å². The van der Waals surface area contributed by atoms with Gasteiger partial charge in [-0.25, -0.2) is 4.79 Å². The van der Waals surface area contributed by atoms with E-state index in [0.29, 0.717) is 17.9 Å². The molecule has 21 heavy (non-hydrogen) atoms. The molecule has 0 fully saturated rings.